The molecule has 2 heterocycles. The van der Waals surface area contributed by atoms with Gasteiger partial charge >= 0.3 is 0 Å². The number of anilines is 1. The Kier molecular flexibility index (Phi) is 3.87. The van der Waals surface area contributed by atoms with E-state index in [4.69, 9.17) is 0 Å². The van der Waals surface area contributed by atoms with Crippen molar-refractivity contribution in [3.05, 3.63) is 103 Å². The van der Waals surface area contributed by atoms with Crippen molar-refractivity contribution in [3.8, 4) is 11.3 Å². The molecule has 0 aliphatic carbocycles. The maximum Gasteiger partial charge on any atom is 0.255 e. The summed E-state index contributed by atoms with van der Waals surface area (Å²) in [5.41, 5.74) is 4.21. The smallest absolute Gasteiger partial charge is 0.255 e. The van der Waals surface area contributed by atoms with E-state index in [0.717, 1.165) is 33.4 Å². The molecule has 0 saturated heterocycles. The first kappa shape index (κ1) is 16.3. The summed E-state index contributed by atoms with van der Waals surface area (Å²) >= 11 is 0. The molecule has 0 fully saturated rings. The second-order valence-corrected chi connectivity index (χ2v) is 6.69. The average Bonchev–Trinajstić information content (AvgIpc) is 3.18. The van der Waals surface area contributed by atoms with Crippen LogP contribution in [-0.4, -0.2) is 15.3 Å². The molecular formula is C24H17N3O. The van der Waals surface area contributed by atoms with E-state index in [0.29, 0.717) is 5.56 Å². The standard InChI is InChI=1S/C24H17N3O/c28-24(20-9-8-17-5-1-2-6-19(17)15-20)25-21-12-10-18(11-13-21)22-16-27-14-4-3-7-23(27)26-22/h1-16H,(H,25,28). The molecule has 3 aromatic carbocycles. The van der Waals surface area contributed by atoms with Crippen LogP contribution in [0.2, 0.25) is 0 Å². The van der Waals surface area contributed by atoms with E-state index in [2.05, 4.69) is 10.3 Å². The van der Waals surface area contributed by atoms with E-state index in [9.17, 15) is 4.79 Å². The van der Waals surface area contributed by atoms with Crippen LogP contribution in [0.4, 0.5) is 5.69 Å². The molecule has 1 N–H and O–H groups in total. The number of fused-ring (bicyclic) bond motifs is 2. The first-order valence-electron chi connectivity index (χ1n) is 9.11. The Balaban J connectivity index is 1.37. The molecule has 0 radical (unpaired) electrons. The van der Waals surface area contributed by atoms with Gasteiger partial charge in [0.15, 0.2) is 0 Å². The number of benzene rings is 3. The second kappa shape index (κ2) is 6.67. The number of aromatic nitrogens is 2. The van der Waals surface area contributed by atoms with Crippen LogP contribution in [0.15, 0.2) is 97.3 Å². The van der Waals surface area contributed by atoms with Crippen molar-refractivity contribution in [2.45, 2.75) is 0 Å². The molecule has 0 saturated carbocycles. The van der Waals surface area contributed by atoms with E-state index < -0.39 is 0 Å². The van der Waals surface area contributed by atoms with Crippen LogP contribution in [0.3, 0.4) is 0 Å². The maximum absolute atomic E-state index is 12.6. The summed E-state index contributed by atoms with van der Waals surface area (Å²) < 4.78 is 1.99. The van der Waals surface area contributed by atoms with Crippen LogP contribution < -0.4 is 5.32 Å². The number of carbonyl (C=O) groups excluding carboxylic acids is 1. The molecule has 5 aromatic rings. The van der Waals surface area contributed by atoms with Crippen LogP contribution in [0, 0.1) is 0 Å². The lowest BCUT2D eigenvalue weighted by Crippen LogP contribution is -2.11. The molecule has 0 aliphatic heterocycles. The van der Waals surface area contributed by atoms with Gasteiger partial charge in [-0.05, 0) is 47.2 Å². The van der Waals surface area contributed by atoms with Crippen LogP contribution >= 0.6 is 0 Å². The number of amides is 1. The van der Waals surface area contributed by atoms with E-state index in [1.165, 1.54) is 0 Å². The normalized spacial score (nSPS) is 11.0. The van der Waals surface area contributed by atoms with Crippen molar-refractivity contribution in [1.29, 1.82) is 0 Å². The number of rotatable bonds is 3. The number of nitrogens with zero attached hydrogens (tertiary/aromatic N) is 2. The largest absolute Gasteiger partial charge is 0.322 e. The SMILES string of the molecule is O=C(Nc1ccc(-c2cn3ccccc3n2)cc1)c1ccc2ccccc2c1. The molecule has 0 aliphatic rings. The van der Waals surface area contributed by atoms with Gasteiger partial charge in [-0.1, -0.05) is 48.5 Å². The third kappa shape index (κ3) is 3.01. The highest BCUT2D eigenvalue weighted by atomic mass is 16.1. The highest BCUT2D eigenvalue weighted by Gasteiger charge is 2.08. The van der Waals surface area contributed by atoms with Crippen LogP contribution in [0.25, 0.3) is 27.7 Å². The predicted molar refractivity (Wildman–Crippen MR) is 113 cm³/mol. The van der Waals surface area contributed by atoms with Crippen molar-refractivity contribution in [2.24, 2.45) is 0 Å². The monoisotopic (exact) mass is 363 g/mol. The molecule has 4 nitrogen and oxygen atoms in total. The highest BCUT2D eigenvalue weighted by molar-refractivity contribution is 6.06. The van der Waals surface area contributed by atoms with Crippen LogP contribution in [-0.2, 0) is 0 Å². The number of pyridine rings is 1. The summed E-state index contributed by atoms with van der Waals surface area (Å²) in [6.45, 7) is 0. The zero-order valence-corrected chi connectivity index (χ0v) is 15.0. The first-order valence-corrected chi connectivity index (χ1v) is 9.11. The summed E-state index contributed by atoms with van der Waals surface area (Å²) in [5.74, 6) is -0.119. The zero-order chi connectivity index (χ0) is 18.9. The van der Waals surface area contributed by atoms with E-state index in [1.54, 1.807) is 0 Å². The molecular weight excluding hydrogens is 346 g/mol. The summed E-state index contributed by atoms with van der Waals surface area (Å²) in [6.07, 6.45) is 3.97. The predicted octanol–water partition coefficient (Wildman–Crippen LogP) is 5.41. The number of carbonyl (C=O) groups is 1. The lowest BCUT2D eigenvalue weighted by molar-refractivity contribution is 0.102. The Bertz CT molecular complexity index is 1270. The molecule has 1 amide bonds. The van der Waals surface area contributed by atoms with Crippen molar-refractivity contribution in [3.63, 3.8) is 0 Å². The quantitative estimate of drug-likeness (QED) is 0.466. The molecule has 28 heavy (non-hydrogen) atoms. The summed E-state index contributed by atoms with van der Waals surface area (Å²) in [6, 6.07) is 27.4. The number of imidazole rings is 1. The Morgan fingerprint density at radius 1 is 0.821 bits per heavy atom. The summed E-state index contributed by atoms with van der Waals surface area (Å²) in [5, 5.41) is 5.14. The number of hydrogen-bond donors (Lipinski definition) is 1. The number of nitrogens with one attached hydrogen (secondary N) is 1. The molecule has 4 heteroatoms. The van der Waals surface area contributed by atoms with Gasteiger partial charge < -0.3 is 9.72 Å². The minimum Gasteiger partial charge on any atom is -0.322 e. The van der Waals surface area contributed by atoms with Crippen molar-refractivity contribution in [1.82, 2.24) is 9.38 Å². The van der Waals surface area contributed by atoms with Gasteiger partial charge in [-0.15, -0.1) is 0 Å². The zero-order valence-electron chi connectivity index (χ0n) is 15.0. The van der Waals surface area contributed by atoms with Gasteiger partial charge in [0, 0.05) is 29.2 Å². The molecule has 0 bridgehead atoms. The molecule has 0 unspecified atom stereocenters. The Morgan fingerprint density at radius 3 is 2.43 bits per heavy atom. The summed E-state index contributed by atoms with van der Waals surface area (Å²) in [4.78, 5) is 17.2. The fourth-order valence-electron chi connectivity index (χ4n) is 3.33. The van der Waals surface area contributed by atoms with Crippen molar-refractivity contribution in [2.75, 3.05) is 5.32 Å². The average molecular weight is 363 g/mol. The van der Waals surface area contributed by atoms with Crippen molar-refractivity contribution < 1.29 is 4.79 Å². The van der Waals surface area contributed by atoms with Crippen LogP contribution in [0.1, 0.15) is 10.4 Å². The molecule has 2 aromatic heterocycles. The maximum atomic E-state index is 12.6. The van der Waals surface area contributed by atoms with Crippen molar-refractivity contribution >= 4 is 28.0 Å². The van der Waals surface area contributed by atoms with Gasteiger partial charge in [-0.3, -0.25) is 4.79 Å². The van der Waals surface area contributed by atoms with Gasteiger partial charge in [0.1, 0.15) is 5.65 Å². The molecule has 0 atom stereocenters. The lowest BCUT2D eigenvalue weighted by Gasteiger charge is -2.07. The van der Waals surface area contributed by atoms with Gasteiger partial charge in [0.25, 0.3) is 5.91 Å². The first-order chi connectivity index (χ1) is 13.8. The van der Waals surface area contributed by atoms with Gasteiger partial charge in [0.05, 0.1) is 5.69 Å². The molecule has 134 valence electrons. The third-order valence-corrected chi connectivity index (χ3v) is 4.81. The minimum atomic E-state index is -0.119. The Morgan fingerprint density at radius 2 is 1.61 bits per heavy atom. The Labute approximate surface area is 162 Å². The minimum absolute atomic E-state index is 0.119. The van der Waals surface area contributed by atoms with E-state index in [-0.39, 0.29) is 5.91 Å². The van der Waals surface area contributed by atoms with Gasteiger partial charge in [-0.25, -0.2) is 4.98 Å². The van der Waals surface area contributed by atoms with Crippen LogP contribution in [0.5, 0.6) is 0 Å². The van der Waals surface area contributed by atoms with E-state index in [1.807, 2.05) is 102 Å². The fourth-order valence-corrected chi connectivity index (χ4v) is 3.33. The third-order valence-electron chi connectivity index (χ3n) is 4.81. The van der Waals surface area contributed by atoms with Gasteiger partial charge in [-0.2, -0.15) is 0 Å². The molecule has 5 rings (SSSR count). The van der Waals surface area contributed by atoms with Gasteiger partial charge in [0.2, 0.25) is 0 Å². The summed E-state index contributed by atoms with van der Waals surface area (Å²) in [7, 11) is 0. The highest BCUT2D eigenvalue weighted by Crippen LogP contribution is 2.22. The lowest BCUT2D eigenvalue weighted by atomic mass is 10.1. The second-order valence-electron chi connectivity index (χ2n) is 6.69. The fraction of sp³-hybridized carbons (Fsp3) is 0. The topological polar surface area (TPSA) is 46.4 Å². The molecule has 0 spiro atoms. The Hall–Kier alpha value is -3.92. The van der Waals surface area contributed by atoms with E-state index >= 15 is 0 Å². The number of hydrogen-bond acceptors (Lipinski definition) is 2.